The van der Waals surface area contributed by atoms with E-state index in [1.54, 1.807) is 24.3 Å². The van der Waals surface area contributed by atoms with Crippen molar-refractivity contribution < 1.29 is 13.9 Å². The van der Waals surface area contributed by atoms with Crippen LogP contribution in [0, 0.1) is 6.92 Å². The number of esters is 1. The van der Waals surface area contributed by atoms with Gasteiger partial charge in [-0.2, -0.15) is 0 Å². The molecule has 2 heterocycles. The van der Waals surface area contributed by atoms with Crippen molar-refractivity contribution in [3.63, 3.8) is 0 Å². The summed E-state index contributed by atoms with van der Waals surface area (Å²) in [5.74, 6) is -0.280. The Morgan fingerprint density at radius 2 is 1.81 bits per heavy atom. The number of carbonyl (C=O) groups is 1. The van der Waals surface area contributed by atoms with Gasteiger partial charge in [0.1, 0.15) is 11.3 Å². The first kappa shape index (κ1) is 20.3. The van der Waals surface area contributed by atoms with Crippen molar-refractivity contribution >= 4 is 27.7 Å². The maximum atomic E-state index is 12.6. The largest absolute Gasteiger partial charge is 0.426 e. The number of nitrogens with zero attached hydrogens (tertiary/aromatic N) is 1. The molecular formula is C23H20N2O6. The Hall–Kier alpha value is -3.94. The minimum absolute atomic E-state index is 0.0407. The molecule has 0 aliphatic heterocycles. The molecule has 4 aromatic rings. The minimum atomic E-state index is -0.579. The van der Waals surface area contributed by atoms with Crippen LogP contribution in [0.25, 0.3) is 21.7 Å². The van der Waals surface area contributed by atoms with Crippen LogP contribution in [-0.4, -0.2) is 15.7 Å². The van der Waals surface area contributed by atoms with Crippen molar-refractivity contribution in [2.45, 2.75) is 33.2 Å². The van der Waals surface area contributed by atoms with Gasteiger partial charge < -0.3 is 9.15 Å². The van der Waals surface area contributed by atoms with E-state index in [1.807, 2.05) is 19.9 Å². The molecule has 0 spiro atoms. The number of nitrogens with one attached hydrogen (secondary N) is 1. The first-order valence-corrected chi connectivity index (χ1v) is 9.87. The first-order chi connectivity index (χ1) is 14.9. The second-order valence-corrected chi connectivity index (χ2v) is 7.23. The van der Waals surface area contributed by atoms with E-state index < -0.39 is 17.2 Å². The molecule has 0 aliphatic rings. The summed E-state index contributed by atoms with van der Waals surface area (Å²) >= 11 is 0. The number of benzene rings is 2. The zero-order valence-corrected chi connectivity index (χ0v) is 17.1. The van der Waals surface area contributed by atoms with E-state index in [-0.39, 0.29) is 23.9 Å². The fourth-order valence-corrected chi connectivity index (χ4v) is 3.54. The Morgan fingerprint density at radius 3 is 2.55 bits per heavy atom. The lowest BCUT2D eigenvalue weighted by molar-refractivity contribution is -0.134. The van der Waals surface area contributed by atoms with E-state index in [2.05, 4.69) is 5.10 Å². The van der Waals surface area contributed by atoms with Crippen LogP contribution >= 0.6 is 0 Å². The van der Waals surface area contributed by atoms with E-state index in [0.29, 0.717) is 23.1 Å². The molecule has 2 aromatic heterocycles. The molecule has 1 N–H and O–H groups in total. The lowest BCUT2D eigenvalue weighted by Crippen LogP contribution is -2.31. The number of ether oxygens (including phenoxy) is 1. The second-order valence-electron chi connectivity index (χ2n) is 7.23. The molecule has 4 rings (SSSR count). The molecule has 8 heteroatoms. The topological polar surface area (TPSA) is 111 Å². The average Bonchev–Trinajstić information content (AvgIpc) is 2.75. The number of aromatic amines is 1. The van der Waals surface area contributed by atoms with E-state index in [0.717, 1.165) is 21.2 Å². The van der Waals surface area contributed by atoms with Crippen molar-refractivity contribution in [3.8, 4) is 5.75 Å². The lowest BCUT2D eigenvalue weighted by Gasteiger charge is -2.12. The van der Waals surface area contributed by atoms with Crippen molar-refractivity contribution in [1.29, 1.82) is 0 Å². The number of rotatable bonds is 5. The van der Waals surface area contributed by atoms with Gasteiger partial charge in [-0.3, -0.25) is 19.5 Å². The summed E-state index contributed by atoms with van der Waals surface area (Å²) in [7, 11) is 0. The smallest absolute Gasteiger partial charge is 0.336 e. The van der Waals surface area contributed by atoms with Gasteiger partial charge in [0.25, 0.3) is 11.1 Å². The van der Waals surface area contributed by atoms with Gasteiger partial charge in [-0.05, 0) is 42.7 Å². The summed E-state index contributed by atoms with van der Waals surface area (Å²) in [5.41, 5.74) is 0.621. The van der Waals surface area contributed by atoms with Crippen LogP contribution < -0.4 is 21.5 Å². The third kappa shape index (κ3) is 3.92. The number of carbonyl (C=O) groups excluding carboxylic acids is 1. The third-order valence-corrected chi connectivity index (χ3v) is 5.16. The first-order valence-electron chi connectivity index (χ1n) is 9.87. The zero-order chi connectivity index (χ0) is 22.1. The van der Waals surface area contributed by atoms with Gasteiger partial charge in [0.2, 0.25) is 0 Å². The van der Waals surface area contributed by atoms with Crippen LogP contribution in [0.2, 0.25) is 0 Å². The highest BCUT2D eigenvalue weighted by Gasteiger charge is 2.14. The van der Waals surface area contributed by atoms with Gasteiger partial charge in [-0.25, -0.2) is 9.48 Å². The van der Waals surface area contributed by atoms with Gasteiger partial charge in [-0.1, -0.05) is 19.1 Å². The maximum absolute atomic E-state index is 12.6. The standard InChI is InChI=1S/C23H20N2O6/c1-3-14-11-17-13(2)10-21(27)31-19(17)12-18(14)30-20(26)8-9-25-23(29)16-7-5-4-6-15(16)22(28)24-25/h4-7,10-12H,3,8-9H2,1-2H3,(H,24,28). The average molecular weight is 420 g/mol. The van der Waals surface area contributed by atoms with Gasteiger partial charge in [0.15, 0.2) is 0 Å². The Kier molecular flexibility index (Phi) is 5.29. The predicted molar refractivity (Wildman–Crippen MR) is 116 cm³/mol. The van der Waals surface area contributed by atoms with E-state index >= 15 is 0 Å². The summed E-state index contributed by atoms with van der Waals surface area (Å²) < 4.78 is 11.8. The predicted octanol–water partition coefficient (Wildman–Crippen LogP) is 2.66. The van der Waals surface area contributed by atoms with Crippen LogP contribution in [0.1, 0.15) is 24.5 Å². The van der Waals surface area contributed by atoms with E-state index in [1.165, 1.54) is 12.1 Å². The molecule has 31 heavy (non-hydrogen) atoms. The molecule has 0 unspecified atom stereocenters. The van der Waals surface area contributed by atoms with Crippen molar-refractivity contribution in [1.82, 2.24) is 9.78 Å². The molecule has 0 atom stereocenters. The molecule has 0 amide bonds. The SMILES string of the molecule is CCc1cc2c(C)cc(=O)oc2cc1OC(=O)CCn1[nH]c(=O)c2ccccc2c1=O. The van der Waals surface area contributed by atoms with Gasteiger partial charge >= 0.3 is 11.6 Å². The number of hydrogen-bond donors (Lipinski definition) is 1. The molecule has 0 aliphatic carbocycles. The Bertz CT molecular complexity index is 1490. The fourth-order valence-electron chi connectivity index (χ4n) is 3.54. The summed E-state index contributed by atoms with van der Waals surface area (Å²) in [4.78, 5) is 48.9. The number of aromatic nitrogens is 2. The van der Waals surface area contributed by atoms with Crippen molar-refractivity contribution in [2.24, 2.45) is 0 Å². The summed E-state index contributed by atoms with van der Waals surface area (Å²) in [6.45, 7) is 3.69. The summed E-state index contributed by atoms with van der Waals surface area (Å²) in [6, 6.07) is 11.3. The van der Waals surface area contributed by atoms with Crippen molar-refractivity contribution in [3.05, 3.63) is 84.7 Å². The second kappa shape index (κ2) is 8.06. The van der Waals surface area contributed by atoms with Gasteiger partial charge in [0, 0.05) is 17.5 Å². The summed E-state index contributed by atoms with van der Waals surface area (Å²) in [6.07, 6.45) is 0.474. The molecule has 0 saturated heterocycles. The molecular weight excluding hydrogens is 400 g/mol. The highest BCUT2D eigenvalue weighted by Crippen LogP contribution is 2.28. The molecule has 8 nitrogen and oxygen atoms in total. The van der Waals surface area contributed by atoms with Crippen molar-refractivity contribution in [2.75, 3.05) is 0 Å². The van der Waals surface area contributed by atoms with Crippen LogP contribution in [0.4, 0.5) is 0 Å². The number of hydrogen-bond acceptors (Lipinski definition) is 6. The van der Waals surface area contributed by atoms with E-state index in [9.17, 15) is 19.2 Å². The van der Waals surface area contributed by atoms with Gasteiger partial charge in [-0.15, -0.1) is 0 Å². The molecule has 0 saturated carbocycles. The Labute approximate surface area is 175 Å². The highest BCUT2D eigenvalue weighted by molar-refractivity contribution is 5.84. The van der Waals surface area contributed by atoms with Crippen LogP contribution in [-0.2, 0) is 17.8 Å². The third-order valence-electron chi connectivity index (χ3n) is 5.16. The molecule has 0 radical (unpaired) electrons. The summed E-state index contributed by atoms with van der Waals surface area (Å²) in [5, 5.41) is 3.85. The number of fused-ring (bicyclic) bond motifs is 2. The molecule has 0 bridgehead atoms. The van der Waals surface area contributed by atoms with E-state index in [4.69, 9.17) is 9.15 Å². The number of aryl methyl sites for hydroxylation is 3. The maximum Gasteiger partial charge on any atom is 0.336 e. The highest BCUT2D eigenvalue weighted by atomic mass is 16.5. The molecule has 158 valence electrons. The molecule has 0 fully saturated rings. The Morgan fingerprint density at radius 1 is 1.06 bits per heavy atom. The fraction of sp³-hybridized carbons (Fsp3) is 0.217. The number of H-pyrrole nitrogens is 1. The molecule has 2 aromatic carbocycles. The minimum Gasteiger partial charge on any atom is -0.426 e. The van der Waals surface area contributed by atoms with Gasteiger partial charge in [0.05, 0.1) is 23.7 Å². The lowest BCUT2D eigenvalue weighted by atomic mass is 10.1. The van der Waals surface area contributed by atoms with Crippen LogP contribution in [0.3, 0.4) is 0 Å². The van der Waals surface area contributed by atoms with Crippen LogP contribution in [0.15, 0.2) is 61.3 Å². The zero-order valence-electron chi connectivity index (χ0n) is 17.1. The normalized spacial score (nSPS) is 11.2. The van der Waals surface area contributed by atoms with Crippen LogP contribution in [0.5, 0.6) is 5.75 Å². The quantitative estimate of drug-likeness (QED) is 0.302. The Balaban J connectivity index is 1.58. The monoisotopic (exact) mass is 420 g/mol.